The van der Waals surface area contributed by atoms with Crippen molar-refractivity contribution in [2.75, 3.05) is 5.32 Å². The van der Waals surface area contributed by atoms with E-state index in [0.29, 0.717) is 11.3 Å². The van der Waals surface area contributed by atoms with E-state index in [-0.39, 0.29) is 18.0 Å². The summed E-state index contributed by atoms with van der Waals surface area (Å²) in [4.78, 5) is 0. The average molecular weight is 368 g/mol. The minimum atomic E-state index is -0.515. The minimum Gasteiger partial charge on any atom is -0.399 e. The number of nitrogens with zero attached hydrogens (tertiary/aromatic N) is 4. The highest BCUT2D eigenvalue weighted by Gasteiger charge is 2.51. The zero-order valence-corrected chi connectivity index (χ0v) is 15.6. The summed E-state index contributed by atoms with van der Waals surface area (Å²) in [6.07, 6.45) is 1.47. The van der Waals surface area contributed by atoms with E-state index in [1.54, 1.807) is 6.07 Å². The van der Waals surface area contributed by atoms with Crippen molar-refractivity contribution in [1.29, 1.82) is 5.26 Å². The topological polar surface area (TPSA) is 129 Å². The first-order valence-corrected chi connectivity index (χ1v) is 8.47. The summed E-state index contributed by atoms with van der Waals surface area (Å²) < 4.78 is 12.1. The Bertz CT molecular complexity index is 873. The molecule has 2 aromatic rings. The van der Waals surface area contributed by atoms with Crippen molar-refractivity contribution in [3.05, 3.63) is 35.8 Å². The average Bonchev–Trinajstić information content (AvgIpc) is 3.22. The van der Waals surface area contributed by atoms with E-state index < -0.39 is 18.3 Å². The number of allylic oxidation sites excluding steroid dienone is 1. The number of nitriles is 1. The molecule has 1 aliphatic rings. The lowest BCUT2D eigenvalue weighted by Crippen LogP contribution is -2.41. The van der Waals surface area contributed by atoms with E-state index >= 15 is 0 Å². The first-order chi connectivity index (χ1) is 12.8. The minimum absolute atomic E-state index is 0.185. The Morgan fingerprint density at radius 1 is 1.33 bits per heavy atom. The molecule has 0 atom stereocenters. The van der Waals surface area contributed by atoms with Crippen LogP contribution in [-0.4, -0.2) is 44.1 Å². The van der Waals surface area contributed by atoms with Gasteiger partial charge in [0.05, 0.1) is 17.8 Å². The van der Waals surface area contributed by atoms with E-state index in [0.717, 1.165) is 5.46 Å². The number of nitrogens with one attached hydrogen (secondary N) is 2. The SMILES string of the molecule is CC1(C)OB(c2ccc(NC=C(C#N)c3nn[nH]n3)c(CO)c2)OC1(C)C. The second kappa shape index (κ2) is 7.11. The number of benzene rings is 1. The Morgan fingerprint density at radius 2 is 2.04 bits per heavy atom. The number of H-pyrrole nitrogens is 1. The summed E-state index contributed by atoms with van der Waals surface area (Å²) in [5.74, 6) is 0.185. The van der Waals surface area contributed by atoms with Gasteiger partial charge >= 0.3 is 7.12 Å². The smallest absolute Gasteiger partial charge is 0.399 e. The molecule has 0 aliphatic carbocycles. The van der Waals surface area contributed by atoms with Crippen LogP contribution in [0.25, 0.3) is 5.57 Å². The van der Waals surface area contributed by atoms with Crippen LogP contribution in [0.1, 0.15) is 39.1 Å². The Balaban J connectivity index is 1.83. The molecule has 3 rings (SSSR count). The van der Waals surface area contributed by atoms with Crippen molar-refractivity contribution in [2.24, 2.45) is 0 Å². The number of aliphatic hydroxyl groups excluding tert-OH is 1. The third kappa shape index (κ3) is 3.71. The van der Waals surface area contributed by atoms with Gasteiger partial charge in [-0.05, 0) is 44.4 Å². The Labute approximate surface area is 157 Å². The van der Waals surface area contributed by atoms with Crippen LogP contribution in [0.4, 0.5) is 5.69 Å². The summed E-state index contributed by atoms with van der Waals surface area (Å²) in [6, 6.07) is 7.47. The van der Waals surface area contributed by atoms with Crippen LogP contribution >= 0.6 is 0 Å². The molecule has 1 aromatic heterocycles. The zero-order chi connectivity index (χ0) is 19.7. The van der Waals surface area contributed by atoms with Crippen LogP contribution < -0.4 is 10.8 Å². The molecule has 0 radical (unpaired) electrons. The van der Waals surface area contributed by atoms with Gasteiger partial charge < -0.3 is 19.7 Å². The first-order valence-electron chi connectivity index (χ1n) is 8.47. The van der Waals surface area contributed by atoms with Crippen molar-refractivity contribution in [2.45, 2.75) is 45.5 Å². The molecule has 1 aliphatic heterocycles. The number of tetrazole rings is 1. The molecule has 1 aromatic carbocycles. The van der Waals surface area contributed by atoms with Gasteiger partial charge in [0.15, 0.2) is 0 Å². The van der Waals surface area contributed by atoms with Crippen LogP contribution in [0.15, 0.2) is 24.4 Å². The van der Waals surface area contributed by atoms with Crippen molar-refractivity contribution in [3.8, 4) is 6.07 Å². The maximum absolute atomic E-state index is 9.75. The van der Waals surface area contributed by atoms with Gasteiger partial charge in [0, 0.05) is 17.5 Å². The maximum atomic E-state index is 9.75. The van der Waals surface area contributed by atoms with Crippen molar-refractivity contribution >= 4 is 23.8 Å². The van der Waals surface area contributed by atoms with E-state index in [9.17, 15) is 10.4 Å². The maximum Gasteiger partial charge on any atom is 0.494 e. The predicted octanol–water partition coefficient (Wildman–Crippen LogP) is 0.968. The molecule has 0 amide bonds. The highest BCUT2D eigenvalue weighted by Crippen LogP contribution is 2.36. The van der Waals surface area contributed by atoms with Gasteiger partial charge in [-0.1, -0.05) is 12.1 Å². The molecule has 1 fully saturated rings. The summed E-state index contributed by atoms with van der Waals surface area (Å²) in [6.45, 7) is 7.77. The number of hydrogen-bond donors (Lipinski definition) is 3. The van der Waals surface area contributed by atoms with E-state index in [2.05, 4.69) is 25.9 Å². The molecule has 2 heterocycles. The van der Waals surface area contributed by atoms with Gasteiger partial charge in [-0.15, -0.1) is 10.2 Å². The molecule has 3 N–H and O–H groups in total. The van der Waals surface area contributed by atoms with Gasteiger partial charge in [0.25, 0.3) is 0 Å². The van der Waals surface area contributed by atoms with Gasteiger partial charge in [0.1, 0.15) is 11.6 Å². The lowest BCUT2D eigenvalue weighted by molar-refractivity contribution is 0.00578. The third-order valence-corrected chi connectivity index (χ3v) is 4.90. The molecular formula is C17H21BN6O3. The Kier molecular flexibility index (Phi) is 5.02. The highest BCUT2D eigenvalue weighted by molar-refractivity contribution is 6.62. The van der Waals surface area contributed by atoms with Gasteiger partial charge in [0.2, 0.25) is 5.82 Å². The van der Waals surface area contributed by atoms with Crippen molar-refractivity contribution in [1.82, 2.24) is 20.6 Å². The van der Waals surface area contributed by atoms with E-state index in [4.69, 9.17) is 9.31 Å². The summed E-state index contributed by atoms with van der Waals surface area (Å²) in [7, 11) is -0.515. The highest BCUT2D eigenvalue weighted by atomic mass is 16.7. The number of aromatic nitrogens is 4. The summed E-state index contributed by atoms with van der Waals surface area (Å²) >= 11 is 0. The molecule has 10 heteroatoms. The normalized spacial score (nSPS) is 18.4. The molecule has 9 nitrogen and oxygen atoms in total. The monoisotopic (exact) mass is 368 g/mol. The zero-order valence-electron chi connectivity index (χ0n) is 15.6. The van der Waals surface area contributed by atoms with Crippen molar-refractivity contribution in [3.63, 3.8) is 0 Å². The van der Waals surface area contributed by atoms with Gasteiger partial charge in [-0.3, -0.25) is 0 Å². The molecule has 0 saturated carbocycles. The largest absolute Gasteiger partial charge is 0.494 e. The predicted molar refractivity (Wildman–Crippen MR) is 99.5 cm³/mol. The number of anilines is 1. The van der Waals surface area contributed by atoms with Gasteiger partial charge in [-0.25, -0.2) is 0 Å². The quantitative estimate of drug-likeness (QED) is 0.526. The lowest BCUT2D eigenvalue weighted by Gasteiger charge is -2.32. The second-order valence-electron chi connectivity index (χ2n) is 7.21. The fraction of sp³-hybridized carbons (Fsp3) is 0.412. The third-order valence-electron chi connectivity index (χ3n) is 4.90. The van der Waals surface area contributed by atoms with Gasteiger partial charge in [-0.2, -0.15) is 10.5 Å². The number of aromatic amines is 1. The molecular weight excluding hydrogens is 347 g/mol. The number of aliphatic hydroxyl groups is 1. The van der Waals surface area contributed by atoms with Crippen molar-refractivity contribution < 1.29 is 14.4 Å². The standard InChI is InChI=1S/C17H21BN6O3/c1-16(2)17(3,4)27-18(26-16)13-5-6-14(11(7-13)10-25)20-9-12(8-19)15-21-23-24-22-15/h5-7,9,20,25H,10H2,1-4H3,(H,21,22,23,24). The second-order valence-corrected chi connectivity index (χ2v) is 7.21. The van der Waals surface area contributed by atoms with Crippen LogP contribution in [0.5, 0.6) is 0 Å². The fourth-order valence-corrected chi connectivity index (χ4v) is 2.58. The van der Waals surface area contributed by atoms with Crippen LogP contribution in [0.2, 0.25) is 0 Å². The van der Waals surface area contributed by atoms with Crippen LogP contribution in [-0.2, 0) is 15.9 Å². The Hall–Kier alpha value is -2.74. The molecule has 0 bridgehead atoms. The van der Waals surface area contributed by atoms with Crippen LogP contribution in [0.3, 0.4) is 0 Å². The van der Waals surface area contributed by atoms with E-state index in [1.807, 2.05) is 45.9 Å². The number of rotatable bonds is 5. The molecule has 1 saturated heterocycles. The number of hydrogen-bond acceptors (Lipinski definition) is 8. The summed E-state index contributed by atoms with van der Waals surface area (Å²) in [5.41, 5.74) is 1.43. The molecule has 0 unspecified atom stereocenters. The van der Waals surface area contributed by atoms with Crippen LogP contribution in [0, 0.1) is 11.3 Å². The fourth-order valence-electron chi connectivity index (χ4n) is 2.58. The molecule has 140 valence electrons. The molecule has 27 heavy (non-hydrogen) atoms. The Morgan fingerprint density at radius 3 is 2.59 bits per heavy atom. The molecule has 0 spiro atoms. The lowest BCUT2D eigenvalue weighted by atomic mass is 9.78. The summed E-state index contributed by atoms with van der Waals surface area (Å²) in [5, 5.41) is 35.3. The first kappa shape index (κ1) is 19.0. The van der Waals surface area contributed by atoms with E-state index in [1.165, 1.54) is 6.20 Å².